The first kappa shape index (κ1) is 10.2. The third-order valence-electron chi connectivity index (χ3n) is 2.21. The smallest absolute Gasteiger partial charge is 0.331 e. The second-order valence-electron chi connectivity index (χ2n) is 3.04. The van der Waals surface area contributed by atoms with E-state index < -0.39 is 11.5 Å². The molecular formula is C8H11BrN2O2. The van der Waals surface area contributed by atoms with Crippen LogP contribution < -0.4 is 0 Å². The molecule has 1 unspecified atom stereocenters. The van der Waals surface area contributed by atoms with Gasteiger partial charge in [0.05, 0.1) is 10.7 Å². The maximum Gasteiger partial charge on any atom is 0.331 e. The predicted octanol–water partition coefficient (Wildman–Crippen LogP) is 1.86. The van der Waals surface area contributed by atoms with E-state index in [4.69, 9.17) is 5.11 Å². The van der Waals surface area contributed by atoms with Gasteiger partial charge in [0.1, 0.15) is 0 Å². The molecule has 1 atom stereocenters. The number of hydrogen-bond acceptors (Lipinski definition) is 2. The Kier molecular flexibility index (Phi) is 2.75. The lowest BCUT2D eigenvalue weighted by molar-refractivity contribution is -0.147. The topological polar surface area (TPSA) is 55.1 Å². The molecular weight excluding hydrogens is 236 g/mol. The average Bonchev–Trinajstić information content (AvgIpc) is 2.50. The monoisotopic (exact) mass is 246 g/mol. The second kappa shape index (κ2) is 3.49. The third-order valence-corrected chi connectivity index (χ3v) is 2.62. The molecule has 4 nitrogen and oxygen atoms in total. The number of aromatic nitrogens is 2. The summed E-state index contributed by atoms with van der Waals surface area (Å²) in [4.78, 5) is 11.0. The molecule has 0 aliphatic heterocycles. The minimum Gasteiger partial charge on any atom is -0.479 e. The van der Waals surface area contributed by atoms with Crippen LogP contribution in [0.4, 0.5) is 0 Å². The highest BCUT2D eigenvalue weighted by molar-refractivity contribution is 9.10. The largest absolute Gasteiger partial charge is 0.479 e. The molecule has 13 heavy (non-hydrogen) atoms. The Bertz CT molecular complexity index is 324. The van der Waals surface area contributed by atoms with Gasteiger partial charge in [0, 0.05) is 6.20 Å². The number of carbonyl (C=O) groups is 1. The van der Waals surface area contributed by atoms with Gasteiger partial charge in [-0.2, -0.15) is 5.10 Å². The Labute approximate surface area is 84.7 Å². The van der Waals surface area contributed by atoms with Crippen molar-refractivity contribution in [3.05, 3.63) is 16.9 Å². The summed E-state index contributed by atoms with van der Waals surface area (Å²) in [5, 5.41) is 13.0. The molecule has 0 fully saturated rings. The SMILES string of the molecule is CCC(C)(C(=O)O)n1cc(Br)cn1. The number of carboxylic acid groups (broad SMARTS) is 1. The first-order chi connectivity index (χ1) is 6.00. The molecule has 0 bridgehead atoms. The van der Waals surface area contributed by atoms with Crippen molar-refractivity contribution in [3.8, 4) is 0 Å². The van der Waals surface area contributed by atoms with Gasteiger partial charge in [-0.25, -0.2) is 4.79 Å². The van der Waals surface area contributed by atoms with Crippen LogP contribution in [0.5, 0.6) is 0 Å². The molecule has 0 aliphatic carbocycles. The Morgan fingerprint density at radius 1 is 1.85 bits per heavy atom. The number of rotatable bonds is 3. The molecule has 0 saturated carbocycles. The lowest BCUT2D eigenvalue weighted by atomic mass is 10.00. The van der Waals surface area contributed by atoms with Crippen molar-refractivity contribution in [1.29, 1.82) is 0 Å². The van der Waals surface area contributed by atoms with Crippen LogP contribution in [0.2, 0.25) is 0 Å². The molecule has 72 valence electrons. The van der Waals surface area contributed by atoms with Gasteiger partial charge in [0.15, 0.2) is 5.54 Å². The van der Waals surface area contributed by atoms with Crippen molar-refractivity contribution in [2.75, 3.05) is 0 Å². The van der Waals surface area contributed by atoms with Crippen LogP contribution in [0.15, 0.2) is 16.9 Å². The van der Waals surface area contributed by atoms with E-state index in [0.29, 0.717) is 6.42 Å². The van der Waals surface area contributed by atoms with E-state index in [1.54, 1.807) is 19.3 Å². The fourth-order valence-corrected chi connectivity index (χ4v) is 1.27. The molecule has 1 rings (SSSR count). The molecule has 0 aliphatic rings. The number of halogens is 1. The van der Waals surface area contributed by atoms with Gasteiger partial charge in [-0.3, -0.25) is 4.68 Å². The zero-order valence-corrected chi connectivity index (χ0v) is 9.08. The summed E-state index contributed by atoms with van der Waals surface area (Å²) < 4.78 is 2.24. The molecule has 0 aromatic carbocycles. The van der Waals surface area contributed by atoms with E-state index in [1.807, 2.05) is 6.92 Å². The fraction of sp³-hybridized carbons (Fsp3) is 0.500. The van der Waals surface area contributed by atoms with Crippen molar-refractivity contribution in [3.63, 3.8) is 0 Å². The molecule has 0 saturated heterocycles. The van der Waals surface area contributed by atoms with Gasteiger partial charge in [0.2, 0.25) is 0 Å². The van der Waals surface area contributed by atoms with Gasteiger partial charge in [-0.1, -0.05) is 6.92 Å². The molecule has 1 heterocycles. The summed E-state index contributed by atoms with van der Waals surface area (Å²) >= 11 is 3.23. The van der Waals surface area contributed by atoms with Crippen molar-refractivity contribution in [2.24, 2.45) is 0 Å². The Hall–Kier alpha value is -0.840. The minimum absolute atomic E-state index is 0.496. The highest BCUT2D eigenvalue weighted by atomic mass is 79.9. The predicted molar refractivity (Wildman–Crippen MR) is 51.5 cm³/mol. The van der Waals surface area contributed by atoms with Crippen molar-refractivity contribution in [1.82, 2.24) is 9.78 Å². The van der Waals surface area contributed by atoms with E-state index in [2.05, 4.69) is 21.0 Å². The number of aliphatic carboxylic acids is 1. The number of carboxylic acids is 1. The van der Waals surface area contributed by atoms with Crippen LogP contribution in [0.3, 0.4) is 0 Å². The van der Waals surface area contributed by atoms with Gasteiger partial charge >= 0.3 is 5.97 Å². The summed E-state index contributed by atoms with van der Waals surface area (Å²) in [6, 6.07) is 0. The van der Waals surface area contributed by atoms with Crippen LogP contribution in [0.1, 0.15) is 20.3 Å². The van der Waals surface area contributed by atoms with Crippen LogP contribution in [0.25, 0.3) is 0 Å². The highest BCUT2D eigenvalue weighted by Gasteiger charge is 2.33. The zero-order valence-electron chi connectivity index (χ0n) is 7.49. The van der Waals surface area contributed by atoms with Gasteiger partial charge in [0.25, 0.3) is 0 Å². The maximum atomic E-state index is 11.0. The van der Waals surface area contributed by atoms with E-state index >= 15 is 0 Å². The standard InChI is InChI=1S/C8H11BrN2O2/c1-3-8(2,7(12)13)11-5-6(9)4-10-11/h4-5H,3H2,1-2H3,(H,12,13). The van der Waals surface area contributed by atoms with Gasteiger partial charge in [-0.15, -0.1) is 0 Å². The Morgan fingerprint density at radius 3 is 2.77 bits per heavy atom. The van der Waals surface area contributed by atoms with Crippen LogP contribution in [-0.4, -0.2) is 20.9 Å². The average molecular weight is 247 g/mol. The highest BCUT2D eigenvalue weighted by Crippen LogP contribution is 2.21. The lowest BCUT2D eigenvalue weighted by Crippen LogP contribution is -2.38. The minimum atomic E-state index is -0.952. The molecule has 0 radical (unpaired) electrons. The van der Waals surface area contributed by atoms with Gasteiger partial charge < -0.3 is 5.11 Å². The molecule has 1 aromatic heterocycles. The first-order valence-corrected chi connectivity index (χ1v) is 4.74. The van der Waals surface area contributed by atoms with E-state index in [-0.39, 0.29) is 0 Å². The number of hydrogen-bond donors (Lipinski definition) is 1. The zero-order chi connectivity index (χ0) is 10.1. The molecule has 0 amide bonds. The van der Waals surface area contributed by atoms with Crippen LogP contribution >= 0.6 is 15.9 Å². The van der Waals surface area contributed by atoms with E-state index in [0.717, 1.165) is 4.47 Å². The first-order valence-electron chi connectivity index (χ1n) is 3.94. The Morgan fingerprint density at radius 2 is 2.46 bits per heavy atom. The van der Waals surface area contributed by atoms with Crippen LogP contribution in [0, 0.1) is 0 Å². The Balaban J connectivity index is 3.09. The van der Waals surface area contributed by atoms with Crippen LogP contribution in [-0.2, 0) is 10.3 Å². The normalized spacial score (nSPS) is 15.3. The summed E-state index contributed by atoms with van der Waals surface area (Å²) in [5.41, 5.74) is -0.952. The summed E-state index contributed by atoms with van der Waals surface area (Å²) in [7, 11) is 0. The van der Waals surface area contributed by atoms with Crippen molar-refractivity contribution >= 4 is 21.9 Å². The summed E-state index contributed by atoms with van der Waals surface area (Å²) in [5.74, 6) is -0.870. The van der Waals surface area contributed by atoms with Crippen molar-refractivity contribution in [2.45, 2.75) is 25.8 Å². The molecule has 0 spiro atoms. The quantitative estimate of drug-likeness (QED) is 0.886. The van der Waals surface area contributed by atoms with E-state index in [9.17, 15) is 4.79 Å². The fourth-order valence-electron chi connectivity index (χ4n) is 0.982. The third kappa shape index (κ3) is 1.75. The molecule has 1 aromatic rings. The molecule has 1 N–H and O–H groups in total. The van der Waals surface area contributed by atoms with E-state index in [1.165, 1.54) is 4.68 Å². The second-order valence-corrected chi connectivity index (χ2v) is 3.95. The summed E-state index contributed by atoms with van der Waals surface area (Å²) in [6.45, 7) is 3.47. The lowest BCUT2D eigenvalue weighted by Gasteiger charge is -2.23. The number of nitrogens with zero attached hydrogens (tertiary/aromatic N) is 2. The van der Waals surface area contributed by atoms with Crippen molar-refractivity contribution < 1.29 is 9.90 Å². The van der Waals surface area contributed by atoms with Gasteiger partial charge in [-0.05, 0) is 29.3 Å². The molecule has 5 heteroatoms. The maximum absolute atomic E-state index is 11.0. The summed E-state index contributed by atoms with van der Waals surface area (Å²) in [6.07, 6.45) is 3.74.